The molecule has 0 aromatic heterocycles. The van der Waals surface area contributed by atoms with Gasteiger partial charge in [0.2, 0.25) is 0 Å². The lowest BCUT2D eigenvalue weighted by Crippen LogP contribution is -2.39. The van der Waals surface area contributed by atoms with E-state index in [9.17, 15) is 13.2 Å². The largest absolute Gasteiger partial charge is 0.335 e. The van der Waals surface area contributed by atoms with Crippen LogP contribution < -0.4 is 0 Å². The van der Waals surface area contributed by atoms with Crippen LogP contribution in [0.15, 0.2) is 59.5 Å². The number of rotatable bonds is 4. The molecule has 3 rings (SSSR count). The Morgan fingerprint density at radius 1 is 1.12 bits per heavy atom. The van der Waals surface area contributed by atoms with Gasteiger partial charge in [-0.1, -0.05) is 35.9 Å². The van der Waals surface area contributed by atoms with E-state index in [2.05, 4.69) is 0 Å². The molecule has 6 heteroatoms. The van der Waals surface area contributed by atoms with Crippen molar-refractivity contribution in [3.8, 4) is 0 Å². The van der Waals surface area contributed by atoms with Crippen LogP contribution in [0.5, 0.6) is 0 Å². The maximum absolute atomic E-state index is 12.7. The van der Waals surface area contributed by atoms with Gasteiger partial charge in [-0.05, 0) is 43.2 Å². The average molecular weight is 364 g/mol. The van der Waals surface area contributed by atoms with E-state index in [1.54, 1.807) is 59.5 Å². The van der Waals surface area contributed by atoms with E-state index in [4.69, 9.17) is 11.6 Å². The minimum Gasteiger partial charge on any atom is -0.335 e. The Morgan fingerprint density at radius 2 is 1.88 bits per heavy atom. The van der Waals surface area contributed by atoms with Crippen molar-refractivity contribution in [3.63, 3.8) is 0 Å². The molecular weight excluding hydrogens is 346 g/mol. The quantitative estimate of drug-likeness (QED) is 0.836. The Kier molecular flexibility index (Phi) is 4.92. The molecule has 24 heavy (non-hydrogen) atoms. The van der Waals surface area contributed by atoms with E-state index in [-0.39, 0.29) is 17.7 Å². The van der Waals surface area contributed by atoms with Crippen LogP contribution in [0.1, 0.15) is 23.2 Å². The summed E-state index contributed by atoms with van der Waals surface area (Å²) in [4.78, 5) is 14.7. The zero-order chi connectivity index (χ0) is 17.2. The molecule has 1 aliphatic heterocycles. The van der Waals surface area contributed by atoms with Gasteiger partial charge in [0.15, 0.2) is 9.84 Å². The number of benzene rings is 2. The molecule has 0 radical (unpaired) electrons. The first-order valence-corrected chi connectivity index (χ1v) is 9.85. The molecule has 126 valence electrons. The van der Waals surface area contributed by atoms with E-state index in [0.29, 0.717) is 28.4 Å². The second-order valence-electron chi connectivity index (χ2n) is 5.90. The molecule has 0 bridgehead atoms. The Morgan fingerprint density at radius 3 is 2.58 bits per heavy atom. The lowest BCUT2D eigenvalue weighted by molar-refractivity contribution is 0.0749. The van der Waals surface area contributed by atoms with E-state index >= 15 is 0 Å². The summed E-state index contributed by atoms with van der Waals surface area (Å²) in [5, 5.41) is 0.494. The molecule has 0 aliphatic carbocycles. The van der Waals surface area contributed by atoms with Crippen molar-refractivity contribution in [2.75, 3.05) is 12.3 Å². The predicted octanol–water partition coefficient (Wildman–Crippen LogP) is 3.42. The van der Waals surface area contributed by atoms with Gasteiger partial charge in [-0.3, -0.25) is 4.79 Å². The number of carbonyl (C=O) groups is 1. The van der Waals surface area contributed by atoms with Crippen molar-refractivity contribution >= 4 is 27.3 Å². The molecule has 2 aromatic rings. The summed E-state index contributed by atoms with van der Waals surface area (Å²) in [6.07, 6.45) is 1.50. The molecule has 1 amide bonds. The Bertz CT molecular complexity index is 836. The molecule has 1 aliphatic rings. The SMILES string of the molecule is O=C(c1cccc(Cl)c1)N1CCCC1CS(=O)(=O)c1ccccc1. The molecule has 1 fully saturated rings. The Labute approximate surface area is 147 Å². The normalized spacial score (nSPS) is 17.9. The first-order chi connectivity index (χ1) is 11.5. The van der Waals surface area contributed by atoms with E-state index in [1.807, 2.05) is 0 Å². The lowest BCUT2D eigenvalue weighted by Gasteiger charge is -2.24. The van der Waals surface area contributed by atoms with Crippen LogP contribution in [0, 0.1) is 0 Å². The number of likely N-dealkylation sites (tertiary alicyclic amines) is 1. The fourth-order valence-corrected chi connectivity index (χ4v) is 4.85. The summed E-state index contributed by atoms with van der Waals surface area (Å²) in [6, 6.07) is 14.8. The highest BCUT2D eigenvalue weighted by molar-refractivity contribution is 7.91. The average Bonchev–Trinajstić information content (AvgIpc) is 3.02. The third-order valence-corrected chi connectivity index (χ3v) is 6.27. The van der Waals surface area contributed by atoms with Gasteiger partial charge in [0.25, 0.3) is 5.91 Å². The Hall–Kier alpha value is -1.85. The summed E-state index contributed by atoms with van der Waals surface area (Å²) >= 11 is 5.95. The summed E-state index contributed by atoms with van der Waals surface area (Å²) < 4.78 is 25.2. The van der Waals surface area contributed by atoms with E-state index in [0.717, 1.165) is 6.42 Å². The molecule has 1 heterocycles. The monoisotopic (exact) mass is 363 g/mol. The van der Waals surface area contributed by atoms with Crippen molar-refractivity contribution in [1.29, 1.82) is 0 Å². The van der Waals surface area contributed by atoms with Crippen molar-refractivity contribution < 1.29 is 13.2 Å². The first kappa shape index (κ1) is 17.0. The van der Waals surface area contributed by atoms with Gasteiger partial charge in [0.1, 0.15) is 0 Å². The van der Waals surface area contributed by atoms with Crippen molar-refractivity contribution in [2.24, 2.45) is 0 Å². The fraction of sp³-hybridized carbons (Fsp3) is 0.278. The smallest absolute Gasteiger partial charge is 0.254 e. The number of halogens is 1. The number of sulfone groups is 1. The molecule has 4 nitrogen and oxygen atoms in total. The first-order valence-electron chi connectivity index (χ1n) is 7.82. The van der Waals surface area contributed by atoms with Crippen LogP contribution in [-0.4, -0.2) is 37.6 Å². The number of carbonyl (C=O) groups excluding carboxylic acids is 1. The van der Waals surface area contributed by atoms with Gasteiger partial charge in [-0.2, -0.15) is 0 Å². The molecular formula is C18H18ClNO3S. The third-order valence-electron chi connectivity index (χ3n) is 4.22. The number of nitrogens with zero attached hydrogens (tertiary/aromatic N) is 1. The van der Waals surface area contributed by atoms with Crippen LogP contribution in [0.3, 0.4) is 0 Å². The van der Waals surface area contributed by atoms with Crippen molar-refractivity contribution in [2.45, 2.75) is 23.8 Å². The molecule has 0 N–H and O–H groups in total. The summed E-state index contributed by atoms with van der Waals surface area (Å²) in [5.74, 6) is -0.216. The van der Waals surface area contributed by atoms with Crippen LogP contribution in [0.4, 0.5) is 0 Å². The maximum atomic E-state index is 12.7. The van der Waals surface area contributed by atoms with Crippen molar-refractivity contribution in [3.05, 3.63) is 65.2 Å². The van der Waals surface area contributed by atoms with E-state index < -0.39 is 9.84 Å². The van der Waals surface area contributed by atoms with Crippen LogP contribution in [0.2, 0.25) is 5.02 Å². The third kappa shape index (κ3) is 3.62. The highest BCUT2D eigenvalue weighted by Gasteiger charge is 2.33. The molecule has 0 spiro atoms. The number of amides is 1. The minimum atomic E-state index is -3.42. The zero-order valence-corrected chi connectivity index (χ0v) is 14.6. The van der Waals surface area contributed by atoms with Crippen molar-refractivity contribution in [1.82, 2.24) is 4.90 Å². The summed E-state index contributed by atoms with van der Waals surface area (Å²) in [5.41, 5.74) is 0.492. The van der Waals surface area contributed by atoms with Gasteiger partial charge < -0.3 is 4.90 Å². The van der Waals surface area contributed by atoms with Gasteiger partial charge in [-0.15, -0.1) is 0 Å². The van der Waals surface area contributed by atoms with E-state index in [1.165, 1.54) is 0 Å². The lowest BCUT2D eigenvalue weighted by atomic mass is 10.2. The van der Waals surface area contributed by atoms with Gasteiger partial charge in [0.05, 0.1) is 10.6 Å². The zero-order valence-electron chi connectivity index (χ0n) is 13.1. The minimum absolute atomic E-state index is 0.0523. The summed E-state index contributed by atoms with van der Waals surface area (Å²) in [6.45, 7) is 0.570. The highest BCUT2D eigenvalue weighted by Crippen LogP contribution is 2.24. The molecule has 1 unspecified atom stereocenters. The molecule has 0 saturated carbocycles. The maximum Gasteiger partial charge on any atom is 0.254 e. The van der Waals surface area contributed by atoms with Crippen LogP contribution in [-0.2, 0) is 9.84 Å². The fourth-order valence-electron chi connectivity index (χ4n) is 3.04. The second kappa shape index (κ2) is 6.95. The molecule has 1 atom stereocenters. The predicted molar refractivity (Wildman–Crippen MR) is 94.0 cm³/mol. The number of hydrogen-bond donors (Lipinski definition) is 0. The standard InChI is InChI=1S/C18H18ClNO3S/c19-15-7-4-6-14(12-15)18(21)20-11-5-8-16(20)13-24(22,23)17-9-2-1-3-10-17/h1-4,6-7,9-10,12,16H,5,8,11,13H2. The van der Waals surface area contributed by atoms with Crippen LogP contribution >= 0.6 is 11.6 Å². The second-order valence-corrected chi connectivity index (χ2v) is 8.37. The molecule has 2 aromatic carbocycles. The molecule has 1 saturated heterocycles. The summed E-state index contributed by atoms with van der Waals surface area (Å²) in [7, 11) is -3.42. The van der Waals surface area contributed by atoms with Gasteiger partial charge in [-0.25, -0.2) is 8.42 Å². The topological polar surface area (TPSA) is 54.5 Å². The number of hydrogen-bond acceptors (Lipinski definition) is 3. The van der Waals surface area contributed by atoms with Gasteiger partial charge in [0, 0.05) is 23.2 Å². The van der Waals surface area contributed by atoms with Crippen LogP contribution in [0.25, 0.3) is 0 Å². The van der Waals surface area contributed by atoms with Gasteiger partial charge >= 0.3 is 0 Å². The Balaban J connectivity index is 1.80. The highest BCUT2D eigenvalue weighted by atomic mass is 35.5.